The van der Waals surface area contributed by atoms with E-state index in [1.165, 1.54) is 12.1 Å². The number of amides is 2. The highest BCUT2D eigenvalue weighted by Crippen LogP contribution is 2.22. The molecule has 0 saturated heterocycles. The van der Waals surface area contributed by atoms with Crippen LogP contribution in [0, 0.1) is 5.82 Å². The molecule has 0 aromatic heterocycles. The first kappa shape index (κ1) is 17.5. The van der Waals surface area contributed by atoms with Crippen LogP contribution in [-0.4, -0.2) is 24.8 Å². The molecule has 0 spiro atoms. The maximum atomic E-state index is 13.4. The average molecular weight is 336 g/mol. The van der Waals surface area contributed by atoms with Crippen molar-refractivity contribution >= 4 is 11.8 Å². The van der Waals surface area contributed by atoms with E-state index < -0.39 is 30.0 Å². The largest absolute Gasteiger partial charge is 0.366 e. The van der Waals surface area contributed by atoms with E-state index in [0.717, 1.165) is 18.2 Å². The number of rotatable bonds is 6. The Morgan fingerprint density at radius 1 is 1.04 bits per heavy atom. The summed E-state index contributed by atoms with van der Waals surface area (Å²) in [6.07, 6.45) is -2.68. The van der Waals surface area contributed by atoms with Crippen LogP contribution >= 0.6 is 0 Å². The van der Waals surface area contributed by atoms with Gasteiger partial charge in [-0.15, -0.1) is 0 Å². The molecule has 0 aliphatic carbocycles. The van der Waals surface area contributed by atoms with Crippen LogP contribution in [0.5, 0.6) is 0 Å². The topological polar surface area (TPSA) is 72.2 Å². The molecule has 2 amide bonds. The van der Waals surface area contributed by atoms with E-state index in [4.69, 9.17) is 5.73 Å². The van der Waals surface area contributed by atoms with Gasteiger partial charge >= 0.3 is 0 Å². The number of nitrogens with one attached hydrogen (secondary N) is 1. The minimum absolute atomic E-state index is 0.162. The highest BCUT2D eigenvalue weighted by molar-refractivity contribution is 5.99. The third-order valence-corrected chi connectivity index (χ3v) is 3.46. The number of carbonyl (C=O) groups excluding carboxylic acids is 2. The molecular formula is C17H15F3N2O2. The van der Waals surface area contributed by atoms with Crippen LogP contribution < -0.4 is 11.1 Å². The number of primary amides is 1. The lowest BCUT2D eigenvalue weighted by atomic mass is 9.99. The number of hydrogen-bond donors (Lipinski definition) is 2. The smallest absolute Gasteiger partial charge is 0.251 e. The molecule has 0 saturated carbocycles. The molecule has 1 atom stereocenters. The van der Waals surface area contributed by atoms with Crippen molar-refractivity contribution < 1.29 is 22.8 Å². The third kappa shape index (κ3) is 4.34. The van der Waals surface area contributed by atoms with Crippen molar-refractivity contribution in [3.63, 3.8) is 0 Å². The minimum atomic E-state index is -2.68. The summed E-state index contributed by atoms with van der Waals surface area (Å²) < 4.78 is 39.8. The summed E-state index contributed by atoms with van der Waals surface area (Å²) in [5.74, 6) is -3.67. The molecule has 3 N–H and O–H groups in total. The number of alkyl halides is 2. The molecule has 7 heteroatoms. The maximum Gasteiger partial charge on any atom is 0.251 e. The average Bonchev–Trinajstić information content (AvgIpc) is 2.55. The molecular weight excluding hydrogens is 321 g/mol. The quantitative estimate of drug-likeness (QED) is 0.851. The molecule has 2 rings (SSSR count). The van der Waals surface area contributed by atoms with Crippen LogP contribution in [-0.2, 0) is 0 Å². The van der Waals surface area contributed by atoms with Gasteiger partial charge in [0.05, 0.1) is 5.92 Å². The molecule has 2 aromatic carbocycles. The van der Waals surface area contributed by atoms with Gasteiger partial charge in [-0.25, -0.2) is 13.2 Å². The van der Waals surface area contributed by atoms with E-state index in [9.17, 15) is 22.8 Å². The van der Waals surface area contributed by atoms with Gasteiger partial charge < -0.3 is 11.1 Å². The maximum absolute atomic E-state index is 13.4. The van der Waals surface area contributed by atoms with Gasteiger partial charge in [0.25, 0.3) is 5.91 Å². The predicted molar refractivity (Wildman–Crippen MR) is 82.4 cm³/mol. The molecule has 126 valence electrons. The second-order valence-corrected chi connectivity index (χ2v) is 5.15. The first-order valence-electron chi connectivity index (χ1n) is 7.10. The SMILES string of the molecule is NC(=O)c1cc(F)cc(C(=O)NCC(c2ccccc2)C(F)F)c1. The van der Waals surface area contributed by atoms with E-state index in [0.29, 0.717) is 5.56 Å². The molecule has 0 radical (unpaired) electrons. The van der Waals surface area contributed by atoms with Crippen LogP contribution in [0.3, 0.4) is 0 Å². The molecule has 4 nitrogen and oxygen atoms in total. The zero-order valence-corrected chi connectivity index (χ0v) is 12.5. The Kier molecular flexibility index (Phi) is 5.57. The number of halogens is 3. The van der Waals surface area contributed by atoms with E-state index in [2.05, 4.69) is 5.32 Å². The number of benzene rings is 2. The summed E-state index contributed by atoms with van der Waals surface area (Å²) in [7, 11) is 0. The van der Waals surface area contributed by atoms with Gasteiger partial charge in [-0.05, 0) is 23.8 Å². The van der Waals surface area contributed by atoms with Crippen molar-refractivity contribution in [3.8, 4) is 0 Å². The first-order valence-corrected chi connectivity index (χ1v) is 7.10. The van der Waals surface area contributed by atoms with Gasteiger partial charge in [-0.3, -0.25) is 9.59 Å². The van der Waals surface area contributed by atoms with Crippen molar-refractivity contribution in [2.45, 2.75) is 12.3 Å². The van der Waals surface area contributed by atoms with E-state index >= 15 is 0 Å². The lowest BCUT2D eigenvalue weighted by Gasteiger charge is -2.17. The van der Waals surface area contributed by atoms with Crippen molar-refractivity contribution in [2.24, 2.45) is 5.73 Å². The van der Waals surface area contributed by atoms with Gasteiger partial charge in [0.2, 0.25) is 12.3 Å². The highest BCUT2D eigenvalue weighted by atomic mass is 19.3. The Morgan fingerprint density at radius 3 is 2.25 bits per heavy atom. The van der Waals surface area contributed by atoms with E-state index in [1.807, 2.05) is 0 Å². The third-order valence-electron chi connectivity index (χ3n) is 3.46. The summed E-state index contributed by atoms with van der Waals surface area (Å²) in [5, 5.41) is 2.33. The lowest BCUT2D eigenvalue weighted by molar-refractivity contribution is 0.0902. The Bertz CT molecular complexity index is 736. The summed E-state index contributed by atoms with van der Waals surface area (Å²) in [5.41, 5.74) is 5.10. The van der Waals surface area contributed by atoms with Gasteiger partial charge in [-0.1, -0.05) is 30.3 Å². The van der Waals surface area contributed by atoms with Crippen LogP contribution in [0.2, 0.25) is 0 Å². The molecule has 0 heterocycles. The second-order valence-electron chi connectivity index (χ2n) is 5.15. The number of carbonyl (C=O) groups is 2. The zero-order chi connectivity index (χ0) is 17.7. The highest BCUT2D eigenvalue weighted by Gasteiger charge is 2.23. The second kappa shape index (κ2) is 7.63. The van der Waals surface area contributed by atoms with Gasteiger partial charge in [0, 0.05) is 17.7 Å². The zero-order valence-electron chi connectivity index (χ0n) is 12.5. The summed E-state index contributed by atoms with van der Waals surface area (Å²) in [6.45, 7) is -0.330. The Hall–Kier alpha value is -2.83. The van der Waals surface area contributed by atoms with Crippen LogP contribution in [0.1, 0.15) is 32.2 Å². The van der Waals surface area contributed by atoms with E-state index in [-0.39, 0.29) is 17.7 Å². The fraction of sp³-hybridized carbons (Fsp3) is 0.176. The fourth-order valence-electron chi connectivity index (χ4n) is 2.22. The fourth-order valence-corrected chi connectivity index (χ4v) is 2.22. The van der Waals surface area contributed by atoms with Crippen molar-refractivity contribution in [2.75, 3.05) is 6.54 Å². The molecule has 0 bridgehead atoms. The van der Waals surface area contributed by atoms with Crippen LogP contribution in [0.15, 0.2) is 48.5 Å². The predicted octanol–water partition coefficient (Wildman–Crippen LogP) is 2.70. The molecule has 1 unspecified atom stereocenters. The standard InChI is InChI=1S/C17H15F3N2O2/c18-13-7-11(16(21)23)6-12(8-13)17(24)22-9-14(15(19)20)10-4-2-1-3-5-10/h1-8,14-15H,9H2,(H2,21,23)(H,22,24). The first-order chi connectivity index (χ1) is 11.4. The number of nitrogens with two attached hydrogens (primary N) is 1. The number of hydrogen-bond acceptors (Lipinski definition) is 2. The normalized spacial score (nSPS) is 12.0. The Labute approximate surface area is 136 Å². The van der Waals surface area contributed by atoms with Gasteiger partial charge in [-0.2, -0.15) is 0 Å². The summed E-state index contributed by atoms with van der Waals surface area (Å²) in [6, 6.07) is 10.9. The molecule has 0 aliphatic rings. The van der Waals surface area contributed by atoms with Crippen molar-refractivity contribution in [1.29, 1.82) is 0 Å². The Morgan fingerprint density at radius 2 is 1.67 bits per heavy atom. The van der Waals surface area contributed by atoms with Crippen LogP contribution in [0.4, 0.5) is 13.2 Å². The Balaban J connectivity index is 2.13. The molecule has 0 fully saturated rings. The lowest BCUT2D eigenvalue weighted by Crippen LogP contribution is -2.31. The minimum Gasteiger partial charge on any atom is -0.366 e. The van der Waals surface area contributed by atoms with Crippen molar-refractivity contribution in [1.82, 2.24) is 5.32 Å². The molecule has 0 aliphatic heterocycles. The van der Waals surface area contributed by atoms with Crippen molar-refractivity contribution in [3.05, 3.63) is 71.0 Å². The van der Waals surface area contributed by atoms with E-state index in [1.54, 1.807) is 18.2 Å². The summed E-state index contributed by atoms with van der Waals surface area (Å²) in [4.78, 5) is 23.1. The van der Waals surface area contributed by atoms with Gasteiger partial charge in [0.15, 0.2) is 0 Å². The molecule has 24 heavy (non-hydrogen) atoms. The van der Waals surface area contributed by atoms with Gasteiger partial charge in [0.1, 0.15) is 5.82 Å². The monoisotopic (exact) mass is 336 g/mol. The van der Waals surface area contributed by atoms with Crippen LogP contribution in [0.25, 0.3) is 0 Å². The summed E-state index contributed by atoms with van der Waals surface area (Å²) >= 11 is 0. The molecule has 2 aromatic rings.